The van der Waals surface area contributed by atoms with Gasteiger partial charge in [-0.1, -0.05) is 29.8 Å². The Kier molecular flexibility index (Phi) is 5.40. The SMILES string of the molecule is COCC(=O)NCCCn1c(-c2ccc(C)cc2)nc2cccnc21. The van der Waals surface area contributed by atoms with E-state index in [1.54, 1.807) is 6.20 Å². The van der Waals surface area contributed by atoms with Crippen molar-refractivity contribution in [3.8, 4) is 11.4 Å². The number of rotatable bonds is 7. The third kappa shape index (κ3) is 4.03. The van der Waals surface area contributed by atoms with Crippen LogP contribution in [0.4, 0.5) is 0 Å². The molecule has 2 heterocycles. The van der Waals surface area contributed by atoms with Gasteiger partial charge < -0.3 is 14.6 Å². The molecule has 3 aromatic rings. The molecule has 0 saturated heterocycles. The molecule has 25 heavy (non-hydrogen) atoms. The number of imidazole rings is 1. The normalized spacial score (nSPS) is 11.0. The maximum atomic E-state index is 11.5. The van der Waals surface area contributed by atoms with Crippen LogP contribution in [0.1, 0.15) is 12.0 Å². The van der Waals surface area contributed by atoms with Crippen molar-refractivity contribution in [2.75, 3.05) is 20.3 Å². The molecule has 6 heteroatoms. The number of aryl methyl sites for hydroxylation is 2. The van der Waals surface area contributed by atoms with Gasteiger partial charge in [0, 0.05) is 32.0 Å². The highest BCUT2D eigenvalue weighted by atomic mass is 16.5. The summed E-state index contributed by atoms with van der Waals surface area (Å²) in [4.78, 5) is 20.7. The van der Waals surface area contributed by atoms with Crippen LogP contribution in [-0.2, 0) is 16.1 Å². The minimum absolute atomic E-state index is 0.0875. The fourth-order valence-corrected chi connectivity index (χ4v) is 2.74. The number of benzene rings is 1. The van der Waals surface area contributed by atoms with Crippen LogP contribution in [-0.4, -0.2) is 40.7 Å². The van der Waals surface area contributed by atoms with Crippen LogP contribution in [0.5, 0.6) is 0 Å². The zero-order valence-corrected chi connectivity index (χ0v) is 14.5. The van der Waals surface area contributed by atoms with E-state index >= 15 is 0 Å². The predicted octanol–water partition coefficient (Wildman–Crippen LogP) is 2.56. The van der Waals surface area contributed by atoms with Gasteiger partial charge in [-0.2, -0.15) is 0 Å². The molecule has 0 saturated carbocycles. The predicted molar refractivity (Wildman–Crippen MR) is 97.2 cm³/mol. The summed E-state index contributed by atoms with van der Waals surface area (Å²) in [7, 11) is 1.51. The highest BCUT2D eigenvalue weighted by Gasteiger charge is 2.13. The molecule has 0 fully saturated rings. The highest BCUT2D eigenvalue weighted by molar-refractivity contribution is 5.77. The van der Waals surface area contributed by atoms with E-state index in [1.165, 1.54) is 12.7 Å². The number of amides is 1. The Labute approximate surface area is 146 Å². The van der Waals surface area contributed by atoms with Crippen molar-refractivity contribution in [2.45, 2.75) is 19.9 Å². The van der Waals surface area contributed by atoms with Gasteiger partial charge in [0.05, 0.1) is 0 Å². The van der Waals surface area contributed by atoms with E-state index in [0.29, 0.717) is 6.54 Å². The van der Waals surface area contributed by atoms with E-state index in [0.717, 1.165) is 35.5 Å². The van der Waals surface area contributed by atoms with Crippen molar-refractivity contribution in [3.05, 3.63) is 48.2 Å². The number of hydrogen-bond acceptors (Lipinski definition) is 4. The minimum Gasteiger partial charge on any atom is -0.375 e. The Morgan fingerprint density at radius 3 is 2.80 bits per heavy atom. The third-order valence-electron chi connectivity index (χ3n) is 3.97. The first-order valence-corrected chi connectivity index (χ1v) is 8.33. The van der Waals surface area contributed by atoms with E-state index in [4.69, 9.17) is 9.72 Å². The van der Waals surface area contributed by atoms with Crippen molar-refractivity contribution >= 4 is 17.1 Å². The molecule has 0 aliphatic heterocycles. The van der Waals surface area contributed by atoms with E-state index < -0.39 is 0 Å². The lowest BCUT2D eigenvalue weighted by molar-refractivity contribution is -0.124. The molecule has 1 aromatic carbocycles. The molecule has 1 N–H and O–H groups in total. The summed E-state index contributed by atoms with van der Waals surface area (Å²) in [6.07, 6.45) is 2.57. The second-order valence-corrected chi connectivity index (χ2v) is 5.94. The fourth-order valence-electron chi connectivity index (χ4n) is 2.74. The smallest absolute Gasteiger partial charge is 0.245 e. The van der Waals surface area contributed by atoms with Gasteiger partial charge in [0.2, 0.25) is 5.91 Å². The van der Waals surface area contributed by atoms with E-state index in [1.807, 2.05) is 12.1 Å². The lowest BCUT2D eigenvalue weighted by atomic mass is 10.1. The van der Waals surface area contributed by atoms with Crippen LogP contribution in [0.2, 0.25) is 0 Å². The largest absolute Gasteiger partial charge is 0.375 e. The van der Waals surface area contributed by atoms with Gasteiger partial charge in [-0.05, 0) is 25.5 Å². The summed E-state index contributed by atoms with van der Waals surface area (Å²) in [5.74, 6) is 0.798. The summed E-state index contributed by atoms with van der Waals surface area (Å²) in [5.41, 5.74) is 4.01. The van der Waals surface area contributed by atoms with Gasteiger partial charge in [-0.25, -0.2) is 9.97 Å². The Bertz CT molecular complexity index is 855. The van der Waals surface area contributed by atoms with Crippen molar-refractivity contribution in [2.24, 2.45) is 0 Å². The quantitative estimate of drug-likeness (QED) is 0.672. The van der Waals surface area contributed by atoms with Crippen molar-refractivity contribution < 1.29 is 9.53 Å². The zero-order valence-electron chi connectivity index (χ0n) is 14.5. The molecule has 130 valence electrons. The van der Waals surface area contributed by atoms with Crippen molar-refractivity contribution in [1.82, 2.24) is 19.9 Å². The van der Waals surface area contributed by atoms with Crippen LogP contribution >= 0.6 is 0 Å². The van der Waals surface area contributed by atoms with Gasteiger partial charge >= 0.3 is 0 Å². The molecular formula is C19H22N4O2. The maximum absolute atomic E-state index is 11.5. The lowest BCUT2D eigenvalue weighted by Crippen LogP contribution is -2.28. The third-order valence-corrected chi connectivity index (χ3v) is 3.97. The Balaban J connectivity index is 1.81. The van der Waals surface area contributed by atoms with Crippen LogP contribution < -0.4 is 5.32 Å². The highest BCUT2D eigenvalue weighted by Crippen LogP contribution is 2.24. The number of fused-ring (bicyclic) bond motifs is 1. The van der Waals surface area contributed by atoms with E-state index in [9.17, 15) is 4.79 Å². The second-order valence-electron chi connectivity index (χ2n) is 5.94. The fraction of sp³-hybridized carbons (Fsp3) is 0.316. The lowest BCUT2D eigenvalue weighted by Gasteiger charge is -2.10. The maximum Gasteiger partial charge on any atom is 0.245 e. The average molecular weight is 338 g/mol. The van der Waals surface area contributed by atoms with Gasteiger partial charge in [0.25, 0.3) is 0 Å². The van der Waals surface area contributed by atoms with Gasteiger partial charge in [0.1, 0.15) is 17.9 Å². The molecule has 6 nitrogen and oxygen atoms in total. The number of ether oxygens (including phenoxy) is 1. The van der Waals surface area contributed by atoms with Crippen LogP contribution in [0.25, 0.3) is 22.6 Å². The molecule has 3 rings (SSSR count). The first-order chi connectivity index (χ1) is 12.2. The molecule has 0 aliphatic carbocycles. The number of pyridine rings is 1. The number of nitrogens with one attached hydrogen (secondary N) is 1. The zero-order chi connectivity index (χ0) is 17.6. The molecule has 0 atom stereocenters. The standard InChI is InChI=1S/C19H22N4O2/c1-14-6-8-15(9-7-14)18-22-16-5-3-10-21-19(16)23(18)12-4-11-20-17(24)13-25-2/h3,5-10H,4,11-13H2,1-2H3,(H,20,24). The Morgan fingerprint density at radius 1 is 1.24 bits per heavy atom. The molecular weight excluding hydrogens is 316 g/mol. The minimum atomic E-state index is -0.102. The van der Waals surface area contributed by atoms with Crippen LogP contribution in [0, 0.1) is 6.92 Å². The number of hydrogen-bond donors (Lipinski definition) is 1. The molecule has 0 bridgehead atoms. The van der Waals surface area contributed by atoms with Crippen LogP contribution in [0.15, 0.2) is 42.6 Å². The number of nitrogens with zero attached hydrogens (tertiary/aromatic N) is 3. The van der Waals surface area contributed by atoms with Crippen molar-refractivity contribution in [1.29, 1.82) is 0 Å². The van der Waals surface area contributed by atoms with Crippen LogP contribution in [0.3, 0.4) is 0 Å². The van der Waals surface area contributed by atoms with Gasteiger partial charge in [-0.3, -0.25) is 4.79 Å². The number of methoxy groups -OCH3 is 1. The Hall–Kier alpha value is -2.73. The van der Waals surface area contributed by atoms with Crippen molar-refractivity contribution in [3.63, 3.8) is 0 Å². The summed E-state index contributed by atoms with van der Waals surface area (Å²) >= 11 is 0. The van der Waals surface area contributed by atoms with Gasteiger partial charge in [-0.15, -0.1) is 0 Å². The molecule has 0 radical (unpaired) electrons. The molecule has 0 unspecified atom stereocenters. The molecule has 2 aromatic heterocycles. The topological polar surface area (TPSA) is 69.0 Å². The summed E-state index contributed by atoms with van der Waals surface area (Å²) in [5, 5.41) is 2.84. The summed E-state index contributed by atoms with van der Waals surface area (Å²) in [6, 6.07) is 12.2. The number of carbonyl (C=O) groups is 1. The number of aromatic nitrogens is 3. The Morgan fingerprint density at radius 2 is 2.04 bits per heavy atom. The monoisotopic (exact) mass is 338 g/mol. The van der Waals surface area contributed by atoms with E-state index in [2.05, 4.69) is 46.1 Å². The molecule has 0 spiro atoms. The molecule has 0 aliphatic rings. The number of carbonyl (C=O) groups excluding carboxylic acids is 1. The second kappa shape index (κ2) is 7.90. The van der Waals surface area contributed by atoms with E-state index in [-0.39, 0.29) is 12.5 Å². The first-order valence-electron chi connectivity index (χ1n) is 8.33. The summed E-state index contributed by atoms with van der Waals surface area (Å²) in [6.45, 7) is 3.47. The average Bonchev–Trinajstić information content (AvgIpc) is 2.98. The molecule has 1 amide bonds. The first kappa shape index (κ1) is 17.1. The summed E-state index contributed by atoms with van der Waals surface area (Å²) < 4.78 is 6.93. The van der Waals surface area contributed by atoms with Gasteiger partial charge in [0.15, 0.2) is 5.65 Å².